The van der Waals surface area contributed by atoms with Crippen LogP contribution in [-0.2, 0) is 4.79 Å². The van der Waals surface area contributed by atoms with Crippen LogP contribution in [0.25, 0.3) is 0 Å². The van der Waals surface area contributed by atoms with Crippen molar-refractivity contribution in [1.29, 1.82) is 0 Å². The molecule has 3 N–H and O–H groups in total. The monoisotopic (exact) mass is 378 g/mol. The molecular formula is C20H34N4O3. The number of nitrogens with zero attached hydrogens (tertiary/aromatic N) is 1. The third-order valence-electron chi connectivity index (χ3n) is 3.95. The summed E-state index contributed by atoms with van der Waals surface area (Å²) < 4.78 is 10.8. The molecule has 0 bridgehead atoms. The van der Waals surface area contributed by atoms with Crippen LogP contribution in [0.15, 0.2) is 23.2 Å². The van der Waals surface area contributed by atoms with E-state index in [9.17, 15) is 4.79 Å². The number of rotatable bonds is 8. The van der Waals surface area contributed by atoms with Crippen molar-refractivity contribution in [2.24, 2.45) is 10.4 Å². The Bertz CT molecular complexity index is 639. The zero-order chi connectivity index (χ0) is 20.4. The number of carbonyl (C=O) groups excluding carboxylic acids is 1. The summed E-state index contributed by atoms with van der Waals surface area (Å²) in [6.45, 7) is 11.4. The van der Waals surface area contributed by atoms with Crippen LogP contribution in [-0.4, -0.2) is 45.7 Å². The van der Waals surface area contributed by atoms with Gasteiger partial charge in [-0.25, -0.2) is 0 Å². The first kappa shape index (κ1) is 22.6. The van der Waals surface area contributed by atoms with E-state index >= 15 is 0 Å². The number of guanidine groups is 1. The zero-order valence-corrected chi connectivity index (χ0v) is 17.6. The molecule has 1 aromatic rings. The summed E-state index contributed by atoms with van der Waals surface area (Å²) in [5.41, 5.74) is 0.577. The Balaban J connectivity index is 2.77. The molecule has 1 aromatic carbocycles. The summed E-state index contributed by atoms with van der Waals surface area (Å²) in [6.07, 6.45) is 0. The summed E-state index contributed by atoms with van der Waals surface area (Å²) in [5.74, 6) is 2.25. The van der Waals surface area contributed by atoms with Gasteiger partial charge in [0.1, 0.15) is 11.5 Å². The number of amides is 1. The summed E-state index contributed by atoms with van der Waals surface area (Å²) >= 11 is 0. The van der Waals surface area contributed by atoms with E-state index in [1.54, 1.807) is 14.2 Å². The van der Waals surface area contributed by atoms with Crippen molar-refractivity contribution in [2.75, 3.05) is 33.9 Å². The van der Waals surface area contributed by atoms with Gasteiger partial charge in [-0.05, 0) is 32.0 Å². The molecule has 1 unspecified atom stereocenters. The van der Waals surface area contributed by atoms with E-state index in [4.69, 9.17) is 9.47 Å². The standard InChI is InChI=1S/C20H34N4O3/c1-8-21-19(23-12-11-22-18(25)20(3,4)5)24-14(2)16-13-15(26-6)9-10-17(16)27-7/h9-10,13-14H,8,11-12H2,1-7H3,(H,22,25)(H2,21,23,24). The second-order valence-corrected chi connectivity index (χ2v) is 7.24. The first-order valence-corrected chi connectivity index (χ1v) is 9.28. The summed E-state index contributed by atoms with van der Waals surface area (Å²) in [5, 5.41) is 9.49. The van der Waals surface area contributed by atoms with Gasteiger partial charge in [0.25, 0.3) is 0 Å². The molecule has 0 heterocycles. The average Bonchev–Trinajstić information content (AvgIpc) is 2.63. The van der Waals surface area contributed by atoms with E-state index in [0.717, 1.165) is 23.6 Å². The van der Waals surface area contributed by atoms with Gasteiger partial charge in [0.05, 0.1) is 26.8 Å². The molecule has 7 nitrogen and oxygen atoms in total. The Morgan fingerprint density at radius 2 is 1.89 bits per heavy atom. The molecule has 0 saturated carbocycles. The minimum absolute atomic E-state index is 0.0187. The Kier molecular flexibility index (Phi) is 8.91. The highest BCUT2D eigenvalue weighted by Gasteiger charge is 2.20. The number of nitrogens with one attached hydrogen (secondary N) is 3. The van der Waals surface area contributed by atoms with E-state index in [-0.39, 0.29) is 11.9 Å². The van der Waals surface area contributed by atoms with Crippen molar-refractivity contribution >= 4 is 11.9 Å². The summed E-state index contributed by atoms with van der Waals surface area (Å²) in [7, 11) is 3.29. The zero-order valence-electron chi connectivity index (χ0n) is 17.6. The highest BCUT2D eigenvalue weighted by molar-refractivity contribution is 5.82. The Hall–Kier alpha value is -2.44. The lowest BCUT2D eigenvalue weighted by Crippen LogP contribution is -2.40. The molecule has 1 rings (SSSR count). The molecule has 27 heavy (non-hydrogen) atoms. The number of carbonyl (C=O) groups is 1. The second-order valence-electron chi connectivity index (χ2n) is 7.24. The molecule has 0 radical (unpaired) electrons. The highest BCUT2D eigenvalue weighted by atomic mass is 16.5. The van der Waals surface area contributed by atoms with Crippen molar-refractivity contribution in [2.45, 2.75) is 40.7 Å². The lowest BCUT2D eigenvalue weighted by Gasteiger charge is -2.21. The third kappa shape index (κ3) is 7.37. The molecule has 0 aliphatic heterocycles. The van der Waals surface area contributed by atoms with Crippen molar-refractivity contribution in [3.63, 3.8) is 0 Å². The maximum absolute atomic E-state index is 11.9. The SMILES string of the molecule is CCNC(=NCCNC(=O)C(C)(C)C)NC(C)c1cc(OC)ccc1OC. The van der Waals surface area contributed by atoms with Gasteiger partial charge in [0.2, 0.25) is 5.91 Å². The fraction of sp³-hybridized carbons (Fsp3) is 0.600. The predicted octanol–water partition coefficient (Wildman–Crippen LogP) is 2.48. The lowest BCUT2D eigenvalue weighted by atomic mass is 9.96. The van der Waals surface area contributed by atoms with E-state index in [0.29, 0.717) is 19.0 Å². The minimum Gasteiger partial charge on any atom is -0.497 e. The molecule has 0 fully saturated rings. The molecule has 1 amide bonds. The van der Waals surface area contributed by atoms with Crippen LogP contribution in [0.2, 0.25) is 0 Å². The van der Waals surface area contributed by atoms with Crippen LogP contribution in [0, 0.1) is 5.41 Å². The number of methoxy groups -OCH3 is 2. The molecule has 0 aliphatic carbocycles. The van der Waals surface area contributed by atoms with Crippen LogP contribution in [0.1, 0.15) is 46.2 Å². The minimum atomic E-state index is -0.399. The fourth-order valence-electron chi connectivity index (χ4n) is 2.38. The predicted molar refractivity (Wildman–Crippen MR) is 110 cm³/mol. The number of hydrogen-bond acceptors (Lipinski definition) is 4. The number of ether oxygens (including phenoxy) is 2. The highest BCUT2D eigenvalue weighted by Crippen LogP contribution is 2.29. The number of aliphatic imine (C=N–C) groups is 1. The molecule has 7 heteroatoms. The first-order chi connectivity index (χ1) is 12.7. The van der Waals surface area contributed by atoms with Gasteiger partial charge >= 0.3 is 0 Å². The van der Waals surface area contributed by atoms with E-state index in [2.05, 4.69) is 20.9 Å². The maximum Gasteiger partial charge on any atom is 0.225 e. The quantitative estimate of drug-likeness (QED) is 0.368. The molecule has 152 valence electrons. The van der Waals surface area contributed by atoms with Crippen LogP contribution in [0.5, 0.6) is 11.5 Å². The summed E-state index contributed by atoms with van der Waals surface area (Å²) in [4.78, 5) is 16.5. The largest absolute Gasteiger partial charge is 0.497 e. The number of hydrogen-bond donors (Lipinski definition) is 3. The van der Waals surface area contributed by atoms with Crippen LogP contribution < -0.4 is 25.4 Å². The third-order valence-corrected chi connectivity index (χ3v) is 3.95. The van der Waals surface area contributed by atoms with Crippen molar-refractivity contribution in [1.82, 2.24) is 16.0 Å². The van der Waals surface area contributed by atoms with Gasteiger partial charge in [-0.2, -0.15) is 0 Å². The van der Waals surface area contributed by atoms with Gasteiger partial charge in [0.15, 0.2) is 5.96 Å². The van der Waals surface area contributed by atoms with Gasteiger partial charge in [0, 0.05) is 24.1 Å². The Morgan fingerprint density at radius 1 is 1.19 bits per heavy atom. The topological polar surface area (TPSA) is 84.0 Å². The van der Waals surface area contributed by atoms with Gasteiger partial charge < -0.3 is 25.4 Å². The first-order valence-electron chi connectivity index (χ1n) is 9.28. The van der Waals surface area contributed by atoms with Gasteiger partial charge in [-0.3, -0.25) is 9.79 Å². The molecule has 1 atom stereocenters. The fourth-order valence-corrected chi connectivity index (χ4v) is 2.38. The van der Waals surface area contributed by atoms with Crippen molar-refractivity contribution < 1.29 is 14.3 Å². The maximum atomic E-state index is 11.9. The van der Waals surface area contributed by atoms with Crippen molar-refractivity contribution in [3.8, 4) is 11.5 Å². The van der Waals surface area contributed by atoms with E-state index in [1.165, 1.54) is 0 Å². The van der Waals surface area contributed by atoms with Gasteiger partial charge in [-0.15, -0.1) is 0 Å². The van der Waals surface area contributed by atoms with E-state index < -0.39 is 5.41 Å². The lowest BCUT2D eigenvalue weighted by molar-refractivity contribution is -0.128. The van der Waals surface area contributed by atoms with Gasteiger partial charge in [-0.1, -0.05) is 20.8 Å². The van der Waals surface area contributed by atoms with Crippen LogP contribution in [0.3, 0.4) is 0 Å². The average molecular weight is 379 g/mol. The molecule has 0 saturated heterocycles. The number of benzene rings is 1. The molecule has 0 aliphatic rings. The Morgan fingerprint density at radius 3 is 2.44 bits per heavy atom. The normalized spacial score (nSPS) is 12.9. The molecule has 0 aromatic heterocycles. The molecular weight excluding hydrogens is 344 g/mol. The molecule has 0 spiro atoms. The smallest absolute Gasteiger partial charge is 0.225 e. The van der Waals surface area contributed by atoms with Crippen molar-refractivity contribution in [3.05, 3.63) is 23.8 Å². The van der Waals surface area contributed by atoms with E-state index in [1.807, 2.05) is 52.8 Å². The second kappa shape index (κ2) is 10.6. The Labute approximate surface area is 162 Å². The van der Waals surface area contributed by atoms with Crippen LogP contribution >= 0.6 is 0 Å². The van der Waals surface area contributed by atoms with Crippen LogP contribution in [0.4, 0.5) is 0 Å². The summed E-state index contributed by atoms with van der Waals surface area (Å²) in [6, 6.07) is 5.66.